The first-order valence-electron chi connectivity index (χ1n) is 13.3. The van der Waals surface area contributed by atoms with Gasteiger partial charge < -0.3 is 9.64 Å². The molecule has 0 spiro atoms. The second kappa shape index (κ2) is 19.1. The van der Waals surface area contributed by atoms with Gasteiger partial charge in [-0.15, -0.1) is 6.58 Å². The van der Waals surface area contributed by atoms with E-state index in [9.17, 15) is 0 Å². The van der Waals surface area contributed by atoms with Gasteiger partial charge >= 0.3 is 0 Å². The molecule has 0 amide bonds. The molecule has 1 rings (SSSR count). The monoisotopic (exact) mass is 419 g/mol. The first-order chi connectivity index (χ1) is 14.6. The standard InChI is InChI=1S/C28H53NO/c1-5-6-7-8-9-10-11-12-14-19-28(25-29-22-15-13-16-23-29)30-24-17-18-27(4)21-20-26(2)3/h28H,2,4-25H2,1,3H3. The molecule has 2 heteroatoms. The Morgan fingerprint density at radius 2 is 1.43 bits per heavy atom. The lowest BCUT2D eigenvalue weighted by Crippen LogP contribution is -2.37. The van der Waals surface area contributed by atoms with Crippen molar-refractivity contribution in [3.63, 3.8) is 0 Å². The number of rotatable bonds is 20. The Labute approximate surface area is 189 Å². The molecule has 0 saturated carbocycles. The summed E-state index contributed by atoms with van der Waals surface area (Å²) in [6, 6.07) is 0. The van der Waals surface area contributed by atoms with E-state index in [0.717, 1.165) is 38.8 Å². The number of likely N-dealkylation sites (tertiary alicyclic amines) is 1. The van der Waals surface area contributed by atoms with Crippen molar-refractivity contribution in [3.8, 4) is 0 Å². The summed E-state index contributed by atoms with van der Waals surface area (Å²) >= 11 is 0. The molecule has 1 unspecified atom stereocenters. The first kappa shape index (κ1) is 27.4. The predicted octanol–water partition coefficient (Wildman–Crippen LogP) is 8.47. The van der Waals surface area contributed by atoms with Crippen molar-refractivity contribution in [1.29, 1.82) is 0 Å². The normalized spacial score (nSPS) is 15.9. The number of allylic oxidation sites excluding steroid dienone is 2. The molecule has 1 heterocycles. The van der Waals surface area contributed by atoms with Crippen molar-refractivity contribution >= 4 is 0 Å². The summed E-state index contributed by atoms with van der Waals surface area (Å²) in [6.45, 7) is 17.2. The molecular weight excluding hydrogens is 366 g/mol. The number of unbranched alkanes of at least 4 members (excludes halogenated alkanes) is 8. The van der Waals surface area contributed by atoms with Gasteiger partial charge in [-0.05, 0) is 65.0 Å². The van der Waals surface area contributed by atoms with Gasteiger partial charge in [0.25, 0.3) is 0 Å². The van der Waals surface area contributed by atoms with Crippen LogP contribution >= 0.6 is 0 Å². The zero-order chi connectivity index (χ0) is 21.9. The Hall–Kier alpha value is -0.600. The van der Waals surface area contributed by atoms with Crippen molar-refractivity contribution in [3.05, 3.63) is 24.3 Å². The molecule has 1 aliphatic heterocycles. The lowest BCUT2D eigenvalue weighted by atomic mass is 10.0. The molecule has 176 valence electrons. The van der Waals surface area contributed by atoms with E-state index in [4.69, 9.17) is 4.74 Å². The topological polar surface area (TPSA) is 12.5 Å². The molecule has 0 aromatic heterocycles. The second-order valence-electron chi connectivity index (χ2n) is 9.78. The predicted molar refractivity (Wildman–Crippen MR) is 134 cm³/mol. The molecule has 2 nitrogen and oxygen atoms in total. The van der Waals surface area contributed by atoms with E-state index in [0.29, 0.717) is 6.10 Å². The molecule has 1 saturated heterocycles. The average molecular weight is 420 g/mol. The highest BCUT2D eigenvalue weighted by molar-refractivity contribution is 4.99. The molecule has 1 fully saturated rings. The van der Waals surface area contributed by atoms with Crippen LogP contribution in [0.5, 0.6) is 0 Å². The van der Waals surface area contributed by atoms with Crippen molar-refractivity contribution < 1.29 is 4.74 Å². The molecule has 0 radical (unpaired) electrons. The molecule has 1 aliphatic rings. The van der Waals surface area contributed by atoms with Gasteiger partial charge in [0.2, 0.25) is 0 Å². The summed E-state index contributed by atoms with van der Waals surface area (Å²) in [5, 5.41) is 0. The maximum absolute atomic E-state index is 6.39. The Bertz CT molecular complexity index is 424. The fourth-order valence-electron chi connectivity index (χ4n) is 4.43. The molecule has 0 aromatic rings. The average Bonchev–Trinajstić information content (AvgIpc) is 2.74. The lowest BCUT2D eigenvalue weighted by Gasteiger charge is -2.30. The van der Waals surface area contributed by atoms with Crippen LogP contribution in [-0.4, -0.2) is 37.2 Å². The van der Waals surface area contributed by atoms with Crippen LogP contribution in [0.3, 0.4) is 0 Å². The number of hydrogen-bond acceptors (Lipinski definition) is 2. The van der Waals surface area contributed by atoms with Crippen molar-refractivity contribution in [2.24, 2.45) is 0 Å². The van der Waals surface area contributed by atoms with Gasteiger partial charge in [0.1, 0.15) is 0 Å². The van der Waals surface area contributed by atoms with Crippen LogP contribution < -0.4 is 0 Å². The highest BCUT2D eigenvalue weighted by Crippen LogP contribution is 2.17. The number of piperidine rings is 1. The first-order valence-corrected chi connectivity index (χ1v) is 13.3. The van der Waals surface area contributed by atoms with E-state index in [1.54, 1.807) is 0 Å². The Morgan fingerprint density at radius 1 is 0.800 bits per heavy atom. The molecular formula is C28H53NO. The zero-order valence-electron chi connectivity index (χ0n) is 20.7. The third-order valence-corrected chi connectivity index (χ3v) is 6.47. The van der Waals surface area contributed by atoms with Crippen LogP contribution in [0.15, 0.2) is 24.3 Å². The van der Waals surface area contributed by atoms with Crippen LogP contribution in [0.25, 0.3) is 0 Å². The minimum Gasteiger partial charge on any atom is -0.377 e. The van der Waals surface area contributed by atoms with Gasteiger partial charge in [-0.1, -0.05) is 88.9 Å². The summed E-state index contributed by atoms with van der Waals surface area (Å²) in [6.07, 6.45) is 22.8. The fraction of sp³-hybridized carbons (Fsp3) is 0.857. The van der Waals surface area contributed by atoms with Gasteiger partial charge in [0, 0.05) is 13.2 Å². The van der Waals surface area contributed by atoms with Gasteiger partial charge in [0.15, 0.2) is 0 Å². The molecule has 0 aromatic carbocycles. The van der Waals surface area contributed by atoms with E-state index in [-0.39, 0.29) is 0 Å². The second-order valence-corrected chi connectivity index (χ2v) is 9.78. The minimum atomic E-state index is 0.427. The highest BCUT2D eigenvalue weighted by Gasteiger charge is 2.17. The van der Waals surface area contributed by atoms with Crippen LogP contribution in [0, 0.1) is 0 Å². The summed E-state index contributed by atoms with van der Waals surface area (Å²) in [5.74, 6) is 0. The third kappa shape index (κ3) is 16.1. The van der Waals surface area contributed by atoms with Crippen LogP contribution in [-0.2, 0) is 4.74 Å². The quantitative estimate of drug-likeness (QED) is 0.145. The van der Waals surface area contributed by atoms with E-state index in [1.807, 2.05) is 0 Å². The summed E-state index contributed by atoms with van der Waals surface area (Å²) in [7, 11) is 0. The summed E-state index contributed by atoms with van der Waals surface area (Å²) in [4.78, 5) is 2.65. The van der Waals surface area contributed by atoms with Crippen molar-refractivity contribution in [1.82, 2.24) is 4.90 Å². The van der Waals surface area contributed by atoms with Crippen LogP contribution in [0.4, 0.5) is 0 Å². The van der Waals surface area contributed by atoms with Crippen molar-refractivity contribution in [2.45, 2.75) is 129 Å². The van der Waals surface area contributed by atoms with Gasteiger partial charge in [-0.25, -0.2) is 0 Å². The van der Waals surface area contributed by atoms with Gasteiger partial charge in [-0.3, -0.25) is 0 Å². The van der Waals surface area contributed by atoms with E-state index < -0.39 is 0 Å². The fourth-order valence-corrected chi connectivity index (χ4v) is 4.43. The molecule has 30 heavy (non-hydrogen) atoms. The Kier molecular flexibility index (Phi) is 17.5. The largest absolute Gasteiger partial charge is 0.377 e. The summed E-state index contributed by atoms with van der Waals surface area (Å²) in [5.41, 5.74) is 2.61. The number of nitrogens with zero attached hydrogens (tertiary/aromatic N) is 1. The minimum absolute atomic E-state index is 0.427. The molecule has 1 atom stereocenters. The molecule has 0 bridgehead atoms. The number of hydrogen-bond donors (Lipinski definition) is 0. The smallest absolute Gasteiger partial charge is 0.0702 e. The summed E-state index contributed by atoms with van der Waals surface area (Å²) < 4.78 is 6.39. The van der Waals surface area contributed by atoms with Crippen LogP contribution in [0.1, 0.15) is 123 Å². The maximum atomic E-state index is 6.39. The maximum Gasteiger partial charge on any atom is 0.0702 e. The van der Waals surface area contributed by atoms with Crippen molar-refractivity contribution in [2.75, 3.05) is 26.2 Å². The van der Waals surface area contributed by atoms with E-state index >= 15 is 0 Å². The van der Waals surface area contributed by atoms with E-state index in [1.165, 1.54) is 108 Å². The zero-order valence-corrected chi connectivity index (χ0v) is 20.7. The van der Waals surface area contributed by atoms with Gasteiger partial charge in [0.05, 0.1) is 6.10 Å². The highest BCUT2D eigenvalue weighted by atomic mass is 16.5. The number of ether oxygens (including phenoxy) is 1. The SMILES string of the molecule is C=C(C)CCC(=C)CCCOC(CCCCCCCCCCC)CN1CCCCC1. The van der Waals surface area contributed by atoms with Gasteiger partial charge in [-0.2, -0.15) is 0 Å². The Morgan fingerprint density at radius 3 is 2.07 bits per heavy atom. The van der Waals surface area contributed by atoms with Crippen LogP contribution in [0.2, 0.25) is 0 Å². The third-order valence-electron chi connectivity index (χ3n) is 6.47. The molecule has 0 N–H and O–H groups in total. The molecule has 0 aliphatic carbocycles. The lowest BCUT2D eigenvalue weighted by molar-refractivity contribution is 0.0144. The Balaban J connectivity index is 2.19. The van der Waals surface area contributed by atoms with E-state index in [2.05, 4.69) is 31.9 Å².